The van der Waals surface area contributed by atoms with Crippen LogP contribution in [-0.4, -0.2) is 49.4 Å². The molecule has 0 saturated carbocycles. The Kier molecular flexibility index (Phi) is 4.70. The van der Waals surface area contributed by atoms with Crippen LogP contribution in [0.3, 0.4) is 0 Å². The van der Waals surface area contributed by atoms with Crippen LogP contribution in [0.15, 0.2) is 4.99 Å². The van der Waals surface area contributed by atoms with Gasteiger partial charge in [0.25, 0.3) is 0 Å². The van der Waals surface area contributed by atoms with Crippen LogP contribution in [0.2, 0.25) is 0 Å². The maximum absolute atomic E-state index is 5.54. The van der Waals surface area contributed by atoms with E-state index >= 15 is 0 Å². The van der Waals surface area contributed by atoms with Crippen LogP contribution in [-0.2, 0) is 9.47 Å². The topological polar surface area (TPSA) is 42.8 Å². The van der Waals surface area contributed by atoms with Gasteiger partial charge in [-0.05, 0) is 26.2 Å². The zero-order valence-corrected chi connectivity index (χ0v) is 11.5. The Morgan fingerprint density at radius 2 is 2.53 bits per heavy atom. The van der Waals surface area contributed by atoms with E-state index in [0.29, 0.717) is 6.04 Å². The van der Waals surface area contributed by atoms with E-state index in [-0.39, 0.29) is 5.54 Å². The zero-order chi connectivity index (χ0) is 12.1. The third-order valence-electron chi connectivity index (χ3n) is 3.21. The number of ether oxygens (including phenoxy) is 2. The fourth-order valence-electron chi connectivity index (χ4n) is 2.18. The summed E-state index contributed by atoms with van der Waals surface area (Å²) in [7, 11) is 1.74. The summed E-state index contributed by atoms with van der Waals surface area (Å²) in [5.74, 6) is 1.07. The number of aliphatic imine (C=N–C) groups is 1. The number of thioether (sulfide) groups is 1. The molecule has 4 nitrogen and oxygen atoms in total. The van der Waals surface area contributed by atoms with Gasteiger partial charge in [-0.3, -0.25) is 4.99 Å². The van der Waals surface area contributed by atoms with E-state index in [1.807, 2.05) is 11.8 Å². The summed E-state index contributed by atoms with van der Waals surface area (Å²) in [6.45, 7) is 4.70. The van der Waals surface area contributed by atoms with Crippen molar-refractivity contribution < 1.29 is 9.47 Å². The van der Waals surface area contributed by atoms with Crippen molar-refractivity contribution in [3.8, 4) is 0 Å². The van der Waals surface area contributed by atoms with Gasteiger partial charge in [0.15, 0.2) is 5.17 Å². The van der Waals surface area contributed by atoms with Crippen molar-refractivity contribution in [3.05, 3.63) is 0 Å². The molecule has 1 saturated heterocycles. The minimum atomic E-state index is 0.0697. The summed E-state index contributed by atoms with van der Waals surface area (Å²) in [6, 6.07) is 0.413. The monoisotopic (exact) mass is 258 g/mol. The van der Waals surface area contributed by atoms with Crippen LogP contribution in [0.5, 0.6) is 0 Å². The standard InChI is InChI=1S/C12H22N2O2S/c1-12(5-3-6-16-9-12)14-11-13-10(8-17-11)4-7-15-2/h10H,3-9H2,1-2H3,(H,13,14). The maximum Gasteiger partial charge on any atom is 0.157 e. The predicted molar refractivity (Wildman–Crippen MR) is 71.8 cm³/mol. The van der Waals surface area contributed by atoms with Crippen LogP contribution < -0.4 is 5.32 Å². The summed E-state index contributed by atoms with van der Waals surface area (Å²) in [5, 5.41) is 4.63. The molecule has 1 fully saturated rings. The van der Waals surface area contributed by atoms with Gasteiger partial charge >= 0.3 is 0 Å². The molecule has 1 N–H and O–H groups in total. The highest BCUT2D eigenvalue weighted by Crippen LogP contribution is 2.24. The van der Waals surface area contributed by atoms with E-state index in [2.05, 4.69) is 12.2 Å². The van der Waals surface area contributed by atoms with Crippen molar-refractivity contribution in [2.24, 2.45) is 4.99 Å². The van der Waals surface area contributed by atoms with Crippen LogP contribution in [0, 0.1) is 0 Å². The number of rotatable bonds is 4. The molecule has 0 aromatic heterocycles. The lowest BCUT2D eigenvalue weighted by Crippen LogP contribution is -2.50. The van der Waals surface area contributed by atoms with Gasteiger partial charge in [-0.2, -0.15) is 0 Å². The lowest BCUT2D eigenvalue weighted by Gasteiger charge is -2.34. The first-order valence-corrected chi connectivity index (χ1v) is 7.26. The molecule has 17 heavy (non-hydrogen) atoms. The Morgan fingerprint density at radius 3 is 3.24 bits per heavy atom. The molecule has 2 rings (SSSR count). The van der Waals surface area contributed by atoms with Crippen molar-refractivity contribution >= 4 is 16.9 Å². The van der Waals surface area contributed by atoms with E-state index in [1.54, 1.807) is 7.11 Å². The molecule has 2 aliphatic heterocycles. The minimum Gasteiger partial charge on any atom is -0.385 e. The fraction of sp³-hybridized carbons (Fsp3) is 0.917. The molecule has 0 radical (unpaired) electrons. The summed E-state index contributed by atoms with van der Waals surface area (Å²) >= 11 is 1.82. The Hall–Kier alpha value is -0.260. The first-order chi connectivity index (χ1) is 8.22. The SMILES string of the molecule is COCCC1CSC(NC2(C)CCCOC2)=N1. The van der Waals surface area contributed by atoms with Gasteiger partial charge in [-0.1, -0.05) is 11.8 Å². The lowest BCUT2D eigenvalue weighted by atomic mass is 9.95. The molecular formula is C12H22N2O2S. The van der Waals surface area contributed by atoms with Crippen LogP contribution in [0.25, 0.3) is 0 Å². The van der Waals surface area contributed by atoms with Crippen molar-refractivity contribution in [2.45, 2.75) is 37.8 Å². The van der Waals surface area contributed by atoms with Gasteiger partial charge < -0.3 is 14.8 Å². The quantitative estimate of drug-likeness (QED) is 0.832. The molecule has 2 unspecified atom stereocenters. The highest BCUT2D eigenvalue weighted by atomic mass is 32.2. The lowest BCUT2D eigenvalue weighted by molar-refractivity contribution is 0.0375. The van der Waals surface area contributed by atoms with Crippen LogP contribution >= 0.6 is 11.8 Å². The second-order valence-corrected chi connectivity index (χ2v) is 6.03. The molecule has 0 amide bonds. The van der Waals surface area contributed by atoms with Crippen LogP contribution in [0.1, 0.15) is 26.2 Å². The molecule has 0 bridgehead atoms. The molecule has 2 atom stereocenters. The van der Waals surface area contributed by atoms with Crippen molar-refractivity contribution in [3.63, 3.8) is 0 Å². The largest absolute Gasteiger partial charge is 0.385 e. The first kappa shape index (κ1) is 13.2. The predicted octanol–water partition coefficient (Wildman–Crippen LogP) is 1.65. The number of methoxy groups -OCH3 is 1. The number of nitrogens with one attached hydrogen (secondary N) is 1. The second kappa shape index (κ2) is 6.07. The Labute approximate surface area is 108 Å². The molecule has 0 aromatic rings. The molecule has 98 valence electrons. The van der Waals surface area contributed by atoms with E-state index in [9.17, 15) is 0 Å². The number of hydrogen-bond acceptors (Lipinski definition) is 5. The zero-order valence-electron chi connectivity index (χ0n) is 10.7. The van der Waals surface area contributed by atoms with E-state index in [4.69, 9.17) is 14.5 Å². The summed E-state index contributed by atoms with van der Waals surface area (Å²) in [5.41, 5.74) is 0.0697. The minimum absolute atomic E-state index is 0.0697. The molecule has 2 heterocycles. The van der Waals surface area contributed by atoms with Gasteiger partial charge in [-0.25, -0.2) is 0 Å². The van der Waals surface area contributed by atoms with E-state index in [1.165, 1.54) is 0 Å². The summed E-state index contributed by atoms with van der Waals surface area (Å²) < 4.78 is 10.6. The fourth-order valence-corrected chi connectivity index (χ4v) is 3.31. The average molecular weight is 258 g/mol. The number of nitrogens with zero attached hydrogens (tertiary/aromatic N) is 1. The normalized spacial score (nSPS) is 33.5. The Balaban J connectivity index is 1.82. The van der Waals surface area contributed by atoms with Crippen LogP contribution in [0.4, 0.5) is 0 Å². The van der Waals surface area contributed by atoms with Gasteiger partial charge in [0.2, 0.25) is 0 Å². The smallest absolute Gasteiger partial charge is 0.157 e. The van der Waals surface area contributed by atoms with E-state index in [0.717, 1.165) is 50.0 Å². The Morgan fingerprint density at radius 1 is 1.65 bits per heavy atom. The second-order valence-electron chi connectivity index (χ2n) is 5.02. The maximum atomic E-state index is 5.54. The third kappa shape index (κ3) is 3.86. The van der Waals surface area contributed by atoms with Gasteiger partial charge in [0, 0.05) is 26.1 Å². The molecular weight excluding hydrogens is 236 g/mol. The molecule has 0 aliphatic carbocycles. The van der Waals surface area contributed by atoms with Gasteiger partial charge in [-0.15, -0.1) is 0 Å². The van der Waals surface area contributed by atoms with Crippen molar-refractivity contribution in [1.29, 1.82) is 0 Å². The first-order valence-electron chi connectivity index (χ1n) is 6.27. The average Bonchev–Trinajstić information content (AvgIpc) is 2.74. The number of amidine groups is 1. The highest BCUT2D eigenvalue weighted by Gasteiger charge is 2.30. The van der Waals surface area contributed by atoms with E-state index < -0.39 is 0 Å². The molecule has 5 heteroatoms. The third-order valence-corrected chi connectivity index (χ3v) is 4.25. The van der Waals surface area contributed by atoms with Gasteiger partial charge in [0.05, 0.1) is 18.2 Å². The molecule has 0 spiro atoms. The molecule has 2 aliphatic rings. The Bertz CT molecular complexity index is 278. The summed E-state index contributed by atoms with van der Waals surface area (Å²) in [4.78, 5) is 4.70. The summed E-state index contributed by atoms with van der Waals surface area (Å²) in [6.07, 6.45) is 3.31. The van der Waals surface area contributed by atoms with Crippen molar-refractivity contribution in [2.75, 3.05) is 32.7 Å². The highest BCUT2D eigenvalue weighted by molar-refractivity contribution is 8.14. The van der Waals surface area contributed by atoms with Gasteiger partial charge in [0.1, 0.15) is 0 Å². The molecule has 0 aromatic carbocycles. The van der Waals surface area contributed by atoms with Crippen molar-refractivity contribution in [1.82, 2.24) is 5.32 Å². The number of hydrogen-bond donors (Lipinski definition) is 1.